The third-order valence-corrected chi connectivity index (χ3v) is 3.21. The number of likely N-dealkylation sites (N-methyl/N-ethyl adjacent to an activating group) is 1. The van der Waals surface area contributed by atoms with Crippen LogP contribution in [0.25, 0.3) is 0 Å². The summed E-state index contributed by atoms with van der Waals surface area (Å²) in [6, 6.07) is 9.78. The lowest BCUT2D eigenvalue weighted by molar-refractivity contribution is -0.146. The summed E-state index contributed by atoms with van der Waals surface area (Å²) in [5.74, 6) is -0.811. The van der Waals surface area contributed by atoms with Gasteiger partial charge in [-0.3, -0.25) is 5.32 Å². The molecule has 1 aliphatic rings. The Morgan fingerprint density at radius 1 is 1.39 bits per heavy atom. The minimum atomic E-state index is -1.01. The second-order valence-corrected chi connectivity index (χ2v) is 5.23. The second-order valence-electron chi connectivity index (χ2n) is 5.23. The number of hydrogen-bond donors (Lipinski definition) is 2. The molecule has 2 N–H and O–H groups in total. The van der Waals surface area contributed by atoms with Crippen LogP contribution in [0.1, 0.15) is 18.4 Å². The highest BCUT2D eigenvalue weighted by atomic mass is 16.4. The van der Waals surface area contributed by atoms with E-state index in [4.69, 9.17) is 0 Å². The highest BCUT2D eigenvalue weighted by molar-refractivity contribution is 5.81. The van der Waals surface area contributed by atoms with Crippen molar-refractivity contribution in [3.05, 3.63) is 35.9 Å². The average Bonchev–Trinajstić information content (AvgIpc) is 3.12. The van der Waals surface area contributed by atoms with E-state index in [0.29, 0.717) is 12.6 Å². The van der Waals surface area contributed by atoms with Gasteiger partial charge in [-0.15, -0.1) is 0 Å². The Hall–Kier alpha value is -1.39. The Labute approximate surface area is 108 Å². The van der Waals surface area contributed by atoms with E-state index in [1.165, 1.54) is 0 Å². The molecule has 0 spiro atoms. The maximum Gasteiger partial charge on any atom is 0.329 e. The van der Waals surface area contributed by atoms with Gasteiger partial charge in [-0.1, -0.05) is 30.3 Å². The van der Waals surface area contributed by atoms with Crippen LogP contribution < -0.4 is 5.32 Å². The van der Waals surface area contributed by atoms with E-state index in [9.17, 15) is 9.90 Å². The van der Waals surface area contributed by atoms with Crippen molar-refractivity contribution in [1.29, 1.82) is 0 Å². The summed E-state index contributed by atoms with van der Waals surface area (Å²) in [5.41, 5.74) is -0.190. The lowest BCUT2D eigenvalue weighted by Gasteiger charge is -2.34. The van der Waals surface area contributed by atoms with Crippen molar-refractivity contribution in [1.82, 2.24) is 10.2 Å². The third-order valence-electron chi connectivity index (χ3n) is 3.21. The monoisotopic (exact) mass is 248 g/mol. The Bertz CT molecular complexity index is 409. The molecule has 1 atom stereocenters. The van der Waals surface area contributed by atoms with Gasteiger partial charge < -0.3 is 10.0 Å². The molecule has 0 heterocycles. The topological polar surface area (TPSA) is 52.6 Å². The molecule has 0 bridgehead atoms. The zero-order valence-electron chi connectivity index (χ0n) is 10.9. The SMILES string of the molecule is CN(C)CC(NC1CC1)(C(=O)O)c1ccccc1. The van der Waals surface area contributed by atoms with E-state index < -0.39 is 11.5 Å². The van der Waals surface area contributed by atoms with Crippen LogP contribution in [0.5, 0.6) is 0 Å². The molecule has 0 aromatic heterocycles. The molecule has 1 unspecified atom stereocenters. The molecule has 0 radical (unpaired) electrons. The number of nitrogens with one attached hydrogen (secondary N) is 1. The fourth-order valence-corrected chi connectivity index (χ4v) is 2.25. The first kappa shape index (κ1) is 13.1. The zero-order chi connectivity index (χ0) is 13.2. The molecule has 98 valence electrons. The van der Waals surface area contributed by atoms with Crippen LogP contribution in [0, 0.1) is 0 Å². The molecule has 2 rings (SSSR count). The maximum atomic E-state index is 11.8. The van der Waals surface area contributed by atoms with E-state index in [1.807, 2.05) is 49.3 Å². The minimum Gasteiger partial charge on any atom is -0.480 e. The Morgan fingerprint density at radius 2 is 2.00 bits per heavy atom. The molecule has 0 aliphatic heterocycles. The number of rotatable bonds is 6. The van der Waals surface area contributed by atoms with Crippen molar-refractivity contribution < 1.29 is 9.90 Å². The number of aliphatic carboxylic acids is 1. The minimum absolute atomic E-state index is 0.334. The van der Waals surface area contributed by atoms with Crippen LogP contribution in [-0.4, -0.2) is 42.7 Å². The van der Waals surface area contributed by atoms with Crippen LogP contribution in [0.3, 0.4) is 0 Å². The summed E-state index contributed by atoms with van der Waals surface area (Å²) in [4.78, 5) is 13.7. The quantitative estimate of drug-likeness (QED) is 0.796. The van der Waals surface area contributed by atoms with E-state index in [2.05, 4.69) is 5.32 Å². The van der Waals surface area contributed by atoms with E-state index >= 15 is 0 Å². The molecule has 1 fully saturated rings. The molecule has 4 heteroatoms. The fourth-order valence-electron chi connectivity index (χ4n) is 2.25. The Balaban J connectivity index is 2.37. The Kier molecular flexibility index (Phi) is 3.68. The first-order chi connectivity index (χ1) is 8.54. The highest BCUT2D eigenvalue weighted by Gasteiger charge is 2.44. The van der Waals surface area contributed by atoms with Crippen molar-refractivity contribution in [2.45, 2.75) is 24.4 Å². The summed E-state index contributed by atoms with van der Waals surface area (Å²) in [6.07, 6.45) is 2.13. The molecule has 1 aromatic carbocycles. The fraction of sp³-hybridized carbons (Fsp3) is 0.500. The van der Waals surface area contributed by atoms with E-state index in [0.717, 1.165) is 18.4 Å². The van der Waals surface area contributed by atoms with Gasteiger partial charge >= 0.3 is 5.97 Å². The zero-order valence-corrected chi connectivity index (χ0v) is 10.9. The third kappa shape index (κ3) is 2.71. The maximum absolute atomic E-state index is 11.8. The van der Waals surface area contributed by atoms with Crippen LogP contribution in [0.2, 0.25) is 0 Å². The number of carboxylic acid groups (broad SMARTS) is 1. The van der Waals surface area contributed by atoms with Gasteiger partial charge in [0.05, 0.1) is 0 Å². The summed E-state index contributed by atoms with van der Waals surface area (Å²) < 4.78 is 0. The van der Waals surface area contributed by atoms with E-state index in [1.54, 1.807) is 0 Å². The van der Waals surface area contributed by atoms with Gasteiger partial charge in [0.1, 0.15) is 0 Å². The summed E-state index contributed by atoms with van der Waals surface area (Å²) in [6.45, 7) is 0.447. The highest BCUT2D eigenvalue weighted by Crippen LogP contribution is 2.29. The molecule has 0 saturated heterocycles. The van der Waals surface area contributed by atoms with Gasteiger partial charge in [-0.2, -0.15) is 0 Å². The molecule has 0 amide bonds. The lowest BCUT2D eigenvalue weighted by Crippen LogP contribution is -2.56. The van der Waals surface area contributed by atoms with Gasteiger partial charge in [0.15, 0.2) is 5.54 Å². The summed E-state index contributed by atoms with van der Waals surface area (Å²) >= 11 is 0. The second kappa shape index (κ2) is 5.08. The van der Waals surface area contributed by atoms with Crippen molar-refractivity contribution in [3.8, 4) is 0 Å². The predicted octanol–water partition coefficient (Wildman–Crippen LogP) is 1.28. The van der Waals surface area contributed by atoms with Crippen LogP contribution in [0.15, 0.2) is 30.3 Å². The van der Waals surface area contributed by atoms with Crippen molar-refractivity contribution >= 4 is 5.97 Å². The van der Waals surface area contributed by atoms with Gasteiger partial charge in [0.2, 0.25) is 0 Å². The molecular formula is C14H20N2O2. The van der Waals surface area contributed by atoms with Gasteiger partial charge in [-0.05, 0) is 32.5 Å². The number of hydrogen-bond acceptors (Lipinski definition) is 3. The van der Waals surface area contributed by atoms with Crippen LogP contribution >= 0.6 is 0 Å². The molecule has 18 heavy (non-hydrogen) atoms. The van der Waals surface area contributed by atoms with Crippen molar-refractivity contribution in [3.63, 3.8) is 0 Å². The Morgan fingerprint density at radius 3 is 2.44 bits per heavy atom. The van der Waals surface area contributed by atoms with Crippen LogP contribution in [0.4, 0.5) is 0 Å². The van der Waals surface area contributed by atoms with Crippen molar-refractivity contribution in [2.75, 3.05) is 20.6 Å². The summed E-state index contributed by atoms with van der Waals surface area (Å²) in [5, 5.41) is 13.0. The first-order valence-electron chi connectivity index (χ1n) is 6.26. The molecule has 4 nitrogen and oxygen atoms in total. The number of nitrogens with zero attached hydrogens (tertiary/aromatic N) is 1. The van der Waals surface area contributed by atoms with Crippen LogP contribution in [-0.2, 0) is 10.3 Å². The standard InChI is InChI=1S/C14H20N2O2/c1-16(2)10-14(13(17)18,15-12-8-9-12)11-6-4-3-5-7-11/h3-7,12,15H,8-10H2,1-2H3,(H,17,18). The number of carboxylic acids is 1. The molecule has 1 aromatic rings. The van der Waals surface area contributed by atoms with E-state index in [-0.39, 0.29) is 0 Å². The lowest BCUT2D eigenvalue weighted by atomic mass is 9.89. The van der Waals surface area contributed by atoms with Crippen molar-refractivity contribution in [2.24, 2.45) is 0 Å². The van der Waals surface area contributed by atoms with Gasteiger partial charge in [0.25, 0.3) is 0 Å². The molecule has 1 saturated carbocycles. The molecule has 1 aliphatic carbocycles. The first-order valence-corrected chi connectivity index (χ1v) is 6.26. The van der Waals surface area contributed by atoms with Gasteiger partial charge in [-0.25, -0.2) is 4.79 Å². The average molecular weight is 248 g/mol. The number of benzene rings is 1. The predicted molar refractivity (Wildman–Crippen MR) is 70.5 cm³/mol. The molecular weight excluding hydrogens is 228 g/mol. The largest absolute Gasteiger partial charge is 0.480 e. The smallest absolute Gasteiger partial charge is 0.329 e. The van der Waals surface area contributed by atoms with Gasteiger partial charge in [0, 0.05) is 12.6 Å². The number of carbonyl (C=O) groups is 1. The summed E-state index contributed by atoms with van der Waals surface area (Å²) in [7, 11) is 3.80. The normalized spacial score (nSPS) is 18.6.